The zero-order valence-electron chi connectivity index (χ0n) is 16.8. The molecule has 0 atom stereocenters. The lowest BCUT2D eigenvalue weighted by Gasteiger charge is -2.14. The molecule has 5 nitrogen and oxygen atoms in total. The van der Waals surface area contributed by atoms with Crippen molar-refractivity contribution in [2.24, 2.45) is 0 Å². The number of hydrogen-bond acceptors (Lipinski definition) is 4. The van der Waals surface area contributed by atoms with Crippen LogP contribution in [0, 0.1) is 11.3 Å². The molecule has 0 saturated carbocycles. The maximum Gasteiger partial charge on any atom is 0.140 e. The van der Waals surface area contributed by atoms with Crippen LogP contribution in [0.4, 0.5) is 0 Å². The van der Waals surface area contributed by atoms with Crippen molar-refractivity contribution >= 4 is 17.4 Å². The monoisotopic (exact) mass is 406 g/mol. The van der Waals surface area contributed by atoms with Gasteiger partial charge in [0.1, 0.15) is 17.5 Å². The standard InChI is InChI=1S/C23H23ClN4O/c1-23(2,3)22-13-20(28(27-22)19-6-4-5-17(24)12-19)9-10-21(29)11-16-7-8-18(14-25)26-15-16/h4-8,12-13,15H,9-11H2,1-3H3. The van der Waals surface area contributed by atoms with E-state index in [1.807, 2.05) is 35.0 Å². The van der Waals surface area contributed by atoms with Crippen LogP contribution in [-0.2, 0) is 23.1 Å². The molecule has 0 saturated heterocycles. The molecule has 0 spiro atoms. The van der Waals surface area contributed by atoms with Crippen molar-refractivity contribution in [3.8, 4) is 11.8 Å². The van der Waals surface area contributed by atoms with Crippen LogP contribution in [0.15, 0.2) is 48.7 Å². The normalized spacial score (nSPS) is 11.3. The number of rotatable bonds is 6. The molecule has 1 aromatic carbocycles. The van der Waals surface area contributed by atoms with Crippen LogP contribution in [0.5, 0.6) is 0 Å². The quantitative estimate of drug-likeness (QED) is 0.587. The maximum atomic E-state index is 12.5. The van der Waals surface area contributed by atoms with Crippen LogP contribution >= 0.6 is 11.6 Å². The van der Waals surface area contributed by atoms with Crippen LogP contribution in [-0.4, -0.2) is 20.5 Å². The molecule has 0 aliphatic rings. The number of aromatic nitrogens is 3. The van der Waals surface area contributed by atoms with Gasteiger partial charge in [-0.25, -0.2) is 9.67 Å². The Balaban J connectivity index is 1.77. The molecule has 0 bridgehead atoms. The Morgan fingerprint density at radius 2 is 2.00 bits per heavy atom. The van der Waals surface area contributed by atoms with Crippen molar-refractivity contribution in [2.75, 3.05) is 0 Å². The molecule has 0 amide bonds. The molecule has 0 fully saturated rings. The average molecular weight is 407 g/mol. The largest absolute Gasteiger partial charge is 0.299 e. The molecule has 0 N–H and O–H groups in total. The van der Waals surface area contributed by atoms with Gasteiger partial charge in [0.2, 0.25) is 0 Å². The van der Waals surface area contributed by atoms with Crippen molar-refractivity contribution in [1.29, 1.82) is 5.26 Å². The Morgan fingerprint density at radius 1 is 1.21 bits per heavy atom. The third kappa shape index (κ3) is 5.30. The SMILES string of the molecule is CC(C)(C)c1cc(CCC(=O)Cc2ccc(C#N)nc2)n(-c2cccc(Cl)c2)n1. The number of nitrogens with zero attached hydrogens (tertiary/aromatic N) is 4. The van der Waals surface area contributed by atoms with Crippen molar-refractivity contribution < 1.29 is 4.79 Å². The summed E-state index contributed by atoms with van der Waals surface area (Å²) in [5.74, 6) is 0.118. The number of ketones is 1. The van der Waals surface area contributed by atoms with E-state index in [0.29, 0.717) is 30.0 Å². The summed E-state index contributed by atoms with van der Waals surface area (Å²) in [4.78, 5) is 16.5. The molecule has 0 aliphatic heterocycles. The molecule has 6 heteroatoms. The fraction of sp³-hybridized carbons (Fsp3) is 0.304. The second-order valence-corrected chi connectivity index (χ2v) is 8.48. The van der Waals surface area contributed by atoms with Gasteiger partial charge in [0.05, 0.1) is 11.4 Å². The first-order valence-corrected chi connectivity index (χ1v) is 9.86. The lowest BCUT2D eigenvalue weighted by atomic mass is 9.92. The van der Waals surface area contributed by atoms with Crippen molar-refractivity contribution in [3.63, 3.8) is 0 Å². The van der Waals surface area contributed by atoms with Crippen LogP contribution in [0.1, 0.15) is 49.8 Å². The Hall–Kier alpha value is -2.97. The topological polar surface area (TPSA) is 71.6 Å². The third-order valence-corrected chi connectivity index (χ3v) is 4.84. The van der Waals surface area contributed by atoms with Crippen LogP contribution in [0.2, 0.25) is 5.02 Å². The first-order chi connectivity index (χ1) is 13.8. The van der Waals surface area contributed by atoms with Gasteiger partial charge in [-0.3, -0.25) is 4.79 Å². The lowest BCUT2D eigenvalue weighted by molar-refractivity contribution is -0.118. The van der Waals surface area contributed by atoms with E-state index in [9.17, 15) is 4.79 Å². The average Bonchev–Trinajstić information content (AvgIpc) is 3.12. The fourth-order valence-corrected chi connectivity index (χ4v) is 3.16. The van der Waals surface area contributed by atoms with Gasteiger partial charge in [-0.2, -0.15) is 10.4 Å². The van der Waals surface area contributed by atoms with Gasteiger partial charge in [0.15, 0.2) is 0 Å². The van der Waals surface area contributed by atoms with E-state index in [4.69, 9.17) is 22.0 Å². The van der Waals surface area contributed by atoms with Gasteiger partial charge in [-0.05, 0) is 42.3 Å². The van der Waals surface area contributed by atoms with Gasteiger partial charge < -0.3 is 0 Å². The lowest BCUT2D eigenvalue weighted by Crippen LogP contribution is -2.12. The van der Waals surface area contributed by atoms with E-state index in [1.165, 1.54) is 0 Å². The molecule has 2 aromatic heterocycles. The van der Waals surface area contributed by atoms with Crippen molar-refractivity contribution in [3.05, 3.63) is 76.3 Å². The van der Waals surface area contributed by atoms with Gasteiger partial charge in [-0.15, -0.1) is 0 Å². The maximum absolute atomic E-state index is 12.5. The number of pyridine rings is 1. The predicted octanol–water partition coefficient (Wildman–Crippen LogP) is 4.83. The first kappa shape index (κ1) is 20.8. The minimum absolute atomic E-state index is 0.100. The van der Waals surface area contributed by atoms with E-state index >= 15 is 0 Å². The Kier molecular flexibility index (Phi) is 6.14. The Morgan fingerprint density at radius 3 is 2.62 bits per heavy atom. The van der Waals surface area contributed by atoms with E-state index in [2.05, 4.69) is 31.8 Å². The van der Waals surface area contributed by atoms with Crippen LogP contribution < -0.4 is 0 Å². The summed E-state index contributed by atoms with van der Waals surface area (Å²) in [6.07, 6.45) is 2.87. The summed E-state index contributed by atoms with van der Waals surface area (Å²) < 4.78 is 1.88. The van der Waals surface area contributed by atoms with Crippen LogP contribution in [0.25, 0.3) is 5.69 Å². The van der Waals surface area contributed by atoms with Crippen molar-refractivity contribution in [2.45, 2.75) is 45.4 Å². The summed E-state index contributed by atoms with van der Waals surface area (Å²) in [6.45, 7) is 6.35. The number of nitriles is 1. The number of carbonyl (C=O) groups is 1. The summed E-state index contributed by atoms with van der Waals surface area (Å²) in [7, 11) is 0. The zero-order chi connectivity index (χ0) is 21.0. The number of halogens is 1. The smallest absolute Gasteiger partial charge is 0.140 e. The number of benzene rings is 1. The van der Waals surface area contributed by atoms with Gasteiger partial charge in [-0.1, -0.05) is 44.5 Å². The van der Waals surface area contributed by atoms with E-state index in [1.54, 1.807) is 18.3 Å². The van der Waals surface area contributed by atoms with Gasteiger partial charge in [0, 0.05) is 35.2 Å². The molecule has 3 rings (SSSR count). The number of carbonyl (C=O) groups excluding carboxylic acids is 1. The Labute approximate surface area is 176 Å². The van der Waals surface area contributed by atoms with Crippen molar-refractivity contribution in [1.82, 2.24) is 14.8 Å². The van der Waals surface area contributed by atoms with Crippen LogP contribution in [0.3, 0.4) is 0 Å². The summed E-state index contributed by atoms with van der Waals surface area (Å²) in [5, 5.41) is 14.2. The molecule has 2 heterocycles. The molecule has 29 heavy (non-hydrogen) atoms. The molecule has 3 aromatic rings. The van der Waals surface area contributed by atoms with E-state index in [-0.39, 0.29) is 11.2 Å². The minimum atomic E-state index is -0.100. The summed E-state index contributed by atoms with van der Waals surface area (Å²) in [6, 6.07) is 15.0. The predicted molar refractivity (Wildman–Crippen MR) is 113 cm³/mol. The highest BCUT2D eigenvalue weighted by Crippen LogP contribution is 2.25. The molecule has 0 aliphatic carbocycles. The van der Waals surface area contributed by atoms with E-state index < -0.39 is 0 Å². The summed E-state index contributed by atoms with van der Waals surface area (Å²) >= 11 is 6.16. The summed E-state index contributed by atoms with van der Waals surface area (Å²) in [5.41, 5.74) is 3.89. The van der Waals surface area contributed by atoms with Gasteiger partial charge >= 0.3 is 0 Å². The highest BCUT2D eigenvalue weighted by molar-refractivity contribution is 6.30. The second kappa shape index (κ2) is 8.59. The third-order valence-electron chi connectivity index (χ3n) is 4.60. The zero-order valence-corrected chi connectivity index (χ0v) is 17.6. The fourth-order valence-electron chi connectivity index (χ4n) is 2.97. The molecule has 148 valence electrons. The van der Waals surface area contributed by atoms with Gasteiger partial charge in [0.25, 0.3) is 0 Å². The number of Topliss-reactive ketones (excluding diaryl/α,β-unsaturated/α-hetero) is 1. The minimum Gasteiger partial charge on any atom is -0.299 e. The highest BCUT2D eigenvalue weighted by Gasteiger charge is 2.21. The molecule has 0 unspecified atom stereocenters. The van der Waals surface area contributed by atoms with E-state index in [0.717, 1.165) is 22.6 Å². The first-order valence-electron chi connectivity index (χ1n) is 9.48. The molecular weight excluding hydrogens is 384 g/mol. The Bertz CT molecular complexity index is 1060. The highest BCUT2D eigenvalue weighted by atomic mass is 35.5. The number of hydrogen-bond donors (Lipinski definition) is 0. The number of aryl methyl sites for hydroxylation is 1. The second-order valence-electron chi connectivity index (χ2n) is 8.04. The molecular formula is C23H23ClN4O. The molecule has 0 radical (unpaired) electrons.